The first-order valence-electron chi connectivity index (χ1n) is 6.52. The molecular weight excluding hydrogens is 252 g/mol. The van der Waals surface area contributed by atoms with E-state index in [1.54, 1.807) is 0 Å². The van der Waals surface area contributed by atoms with E-state index in [9.17, 15) is 4.79 Å². The summed E-state index contributed by atoms with van der Waals surface area (Å²) in [6.07, 6.45) is 0. The maximum absolute atomic E-state index is 11.7. The molecule has 3 N–H and O–H groups in total. The molecule has 20 heavy (non-hydrogen) atoms. The molecule has 0 aromatic heterocycles. The lowest BCUT2D eigenvalue weighted by atomic mass is 10.1. The van der Waals surface area contributed by atoms with E-state index in [1.165, 1.54) is 0 Å². The van der Waals surface area contributed by atoms with Crippen molar-refractivity contribution in [2.24, 2.45) is 0 Å². The lowest BCUT2D eigenvalue weighted by molar-refractivity contribution is -0.119. The van der Waals surface area contributed by atoms with Crippen molar-refractivity contribution >= 4 is 11.6 Å². The Balaban J connectivity index is 1.77. The van der Waals surface area contributed by atoms with Crippen LogP contribution in [0.4, 0.5) is 5.69 Å². The molecule has 0 saturated heterocycles. The number of rotatable bonds is 6. The smallest absolute Gasteiger partial charge is 0.239 e. The van der Waals surface area contributed by atoms with Crippen LogP contribution in [0.2, 0.25) is 0 Å². The third kappa shape index (κ3) is 4.40. The molecule has 0 aliphatic rings. The molecule has 0 radical (unpaired) electrons. The molecule has 0 bridgehead atoms. The number of hydrogen-bond acceptors (Lipinski definition) is 3. The third-order valence-corrected chi connectivity index (χ3v) is 2.89. The zero-order valence-corrected chi connectivity index (χ0v) is 11.2. The van der Waals surface area contributed by atoms with Crippen molar-refractivity contribution in [2.45, 2.75) is 13.2 Å². The Labute approximate surface area is 118 Å². The van der Waals surface area contributed by atoms with Crippen LogP contribution >= 0.6 is 0 Å². The number of aliphatic hydroxyl groups excluding tert-OH is 1. The van der Waals surface area contributed by atoms with Crippen LogP contribution in [0.25, 0.3) is 0 Å². The highest BCUT2D eigenvalue weighted by Gasteiger charge is 2.01. The summed E-state index contributed by atoms with van der Waals surface area (Å²) in [5.41, 5.74) is 2.74. The predicted molar refractivity (Wildman–Crippen MR) is 79.1 cm³/mol. The van der Waals surface area contributed by atoms with Gasteiger partial charge in [0, 0.05) is 12.2 Å². The molecular formula is C16H18N2O2. The first-order chi connectivity index (χ1) is 9.78. The number of carbonyl (C=O) groups is 1. The van der Waals surface area contributed by atoms with Crippen molar-refractivity contribution in [3.63, 3.8) is 0 Å². The zero-order chi connectivity index (χ0) is 14.2. The molecule has 104 valence electrons. The number of nitrogens with one attached hydrogen (secondary N) is 2. The van der Waals surface area contributed by atoms with Crippen molar-refractivity contribution in [1.82, 2.24) is 5.32 Å². The highest BCUT2D eigenvalue weighted by molar-refractivity contribution is 5.80. The van der Waals surface area contributed by atoms with Crippen LogP contribution in [0.1, 0.15) is 11.1 Å². The van der Waals surface area contributed by atoms with Crippen LogP contribution in [0.3, 0.4) is 0 Å². The Bertz CT molecular complexity index is 555. The van der Waals surface area contributed by atoms with Gasteiger partial charge in [-0.1, -0.05) is 42.5 Å². The number of hydrogen-bond donors (Lipinski definition) is 3. The van der Waals surface area contributed by atoms with Crippen LogP contribution in [0.5, 0.6) is 0 Å². The molecule has 0 spiro atoms. The minimum atomic E-state index is -0.0664. The molecule has 0 heterocycles. The summed E-state index contributed by atoms with van der Waals surface area (Å²) in [6, 6.07) is 17.1. The number of carbonyl (C=O) groups excluding carboxylic acids is 1. The van der Waals surface area contributed by atoms with Crippen LogP contribution in [-0.2, 0) is 17.9 Å². The van der Waals surface area contributed by atoms with Crippen LogP contribution in [-0.4, -0.2) is 17.6 Å². The fourth-order valence-corrected chi connectivity index (χ4v) is 1.84. The molecule has 0 aliphatic heterocycles. The first-order valence-corrected chi connectivity index (χ1v) is 6.52. The Kier molecular flexibility index (Phi) is 5.15. The van der Waals surface area contributed by atoms with E-state index < -0.39 is 0 Å². The van der Waals surface area contributed by atoms with Gasteiger partial charge < -0.3 is 15.7 Å². The van der Waals surface area contributed by atoms with Crippen LogP contribution in [0.15, 0.2) is 54.6 Å². The van der Waals surface area contributed by atoms with Gasteiger partial charge in [0.1, 0.15) is 0 Å². The van der Waals surface area contributed by atoms with Gasteiger partial charge >= 0.3 is 0 Å². The topological polar surface area (TPSA) is 61.4 Å². The van der Waals surface area contributed by atoms with Crippen molar-refractivity contribution in [3.05, 3.63) is 65.7 Å². The van der Waals surface area contributed by atoms with Crippen LogP contribution < -0.4 is 10.6 Å². The van der Waals surface area contributed by atoms with E-state index in [0.717, 1.165) is 16.8 Å². The van der Waals surface area contributed by atoms with Gasteiger partial charge in [0.25, 0.3) is 0 Å². The largest absolute Gasteiger partial charge is 0.392 e. The molecule has 0 aliphatic carbocycles. The van der Waals surface area contributed by atoms with E-state index in [1.807, 2.05) is 54.6 Å². The summed E-state index contributed by atoms with van der Waals surface area (Å²) in [7, 11) is 0. The zero-order valence-electron chi connectivity index (χ0n) is 11.2. The maximum atomic E-state index is 11.7. The molecule has 2 aromatic carbocycles. The number of aliphatic hydroxyl groups is 1. The maximum Gasteiger partial charge on any atom is 0.239 e. The lowest BCUT2D eigenvalue weighted by Crippen LogP contribution is -2.29. The number of benzene rings is 2. The molecule has 4 heteroatoms. The summed E-state index contributed by atoms with van der Waals surface area (Å²) in [5.74, 6) is -0.0664. The van der Waals surface area contributed by atoms with Gasteiger partial charge in [-0.2, -0.15) is 0 Å². The van der Waals surface area contributed by atoms with Crippen molar-refractivity contribution in [3.8, 4) is 0 Å². The predicted octanol–water partition coefficient (Wildman–Crippen LogP) is 1.91. The summed E-state index contributed by atoms with van der Waals surface area (Å²) in [5, 5.41) is 14.9. The molecule has 4 nitrogen and oxygen atoms in total. The average Bonchev–Trinajstić information content (AvgIpc) is 2.52. The fourth-order valence-electron chi connectivity index (χ4n) is 1.84. The number of para-hydroxylation sites is 1. The molecule has 0 atom stereocenters. The molecule has 2 rings (SSSR count). The van der Waals surface area contributed by atoms with E-state index in [-0.39, 0.29) is 19.1 Å². The second-order valence-corrected chi connectivity index (χ2v) is 4.47. The highest BCUT2D eigenvalue weighted by Crippen LogP contribution is 2.05. The molecule has 0 saturated carbocycles. The standard InChI is InChI=1S/C16H18N2O2/c19-12-14-6-4-5-13(9-14)10-18-16(20)11-17-15-7-2-1-3-8-15/h1-9,17,19H,10-12H2,(H,18,20). The second-order valence-electron chi connectivity index (χ2n) is 4.47. The fraction of sp³-hybridized carbons (Fsp3) is 0.188. The Hall–Kier alpha value is -2.33. The number of anilines is 1. The molecule has 2 aromatic rings. The van der Waals surface area contributed by atoms with Gasteiger partial charge in [-0.05, 0) is 23.3 Å². The van der Waals surface area contributed by atoms with Gasteiger partial charge in [0.05, 0.1) is 13.2 Å². The Morgan fingerprint density at radius 2 is 1.75 bits per heavy atom. The van der Waals surface area contributed by atoms with Gasteiger partial charge in [-0.25, -0.2) is 0 Å². The highest BCUT2D eigenvalue weighted by atomic mass is 16.3. The van der Waals surface area contributed by atoms with E-state index in [0.29, 0.717) is 6.54 Å². The summed E-state index contributed by atoms with van der Waals surface area (Å²) < 4.78 is 0. The third-order valence-electron chi connectivity index (χ3n) is 2.89. The number of amides is 1. The van der Waals surface area contributed by atoms with E-state index in [4.69, 9.17) is 5.11 Å². The normalized spacial score (nSPS) is 10.1. The minimum Gasteiger partial charge on any atom is -0.392 e. The van der Waals surface area contributed by atoms with Gasteiger partial charge in [0.2, 0.25) is 5.91 Å². The average molecular weight is 270 g/mol. The minimum absolute atomic E-state index is 0.0113. The summed E-state index contributed by atoms with van der Waals surface area (Å²) >= 11 is 0. The summed E-state index contributed by atoms with van der Waals surface area (Å²) in [6.45, 7) is 0.712. The van der Waals surface area contributed by atoms with Gasteiger partial charge in [-0.15, -0.1) is 0 Å². The van der Waals surface area contributed by atoms with E-state index >= 15 is 0 Å². The van der Waals surface area contributed by atoms with Crippen molar-refractivity contribution < 1.29 is 9.90 Å². The van der Waals surface area contributed by atoms with Gasteiger partial charge in [-0.3, -0.25) is 4.79 Å². The SMILES string of the molecule is O=C(CNc1ccccc1)NCc1cccc(CO)c1. The Morgan fingerprint density at radius 3 is 2.50 bits per heavy atom. The quantitative estimate of drug-likeness (QED) is 0.751. The second kappa shape index (κ2) is 7.31. The van der Waals surface area contributed by atoms with E-state index in [2.05, 4.69) is 10.6 Å². The van der Waals surface area contributed by atoms with Crippen molar-refractivity contribution in [2.75, 3.05) is 11.9 Å². The summed E-state index contributed by atoms with van der Waals surface area (Å²) in [4.78, 5) is 11.7. The molecule has 0 fully saturated rings. The molecule has 1 amide bonds. The van der Waals surface area contributed by atoms with Gasteiger partial charge in [0.15, 0.2) is 0 Å². The first kappa shape index (κ1) is 14.1. The monoisotopic (exact) mass is 270 g/mol. The lowest BCUT2D eigenvalue weighted by Gasteiger charge is -2.08. The van der Waals surface area contributed by atoms with Crippen LogP contribution in [0, 0.1) is 0 Å². The Morgan fingerprint density at radius 1 is 1.00 bits per heavy atom. The van der Waals surface area contributed by atoms with Crippen molar-refractivity contribution in [1.29, 1.82) is 0 Å². The molecule has 0 unspecified atom stereocenters.